The number of benzene rings is 1. The van der Waals surface area contributed by atoms with E-state index in [2.05, 4.69) is 20.3 Å². The maximum atomic E-state index is 6.06. The number of aromatic nitrogens is 3. The van der Waals surface area contributed by atoms with E-state index in [1.807, 2.05) is 32.9 Å². The minimum Gasteiger partial charge on any atom is -0.461 e. The highest BCUT2D eigenvalue weighted by atomic mass is 35.5. The van der Waals surface area contributed by atoms with Crippen molar-refractivity contribution in [2.75, 3.05) is 11.9 Å². The van der Waals surface area contributed by atoms with Gasteiger partial charge in [-0.1, -0.05) is 23.7 Å². The van der Waals surface area contributed by atoms with Crippen molar-refractivity contribution in [3.63, 3.8) is 0 Å². The third-order valence-corrected chi connectivity index (χ3v) is 2.62. The molecule has 7 heteroatoms. The third-order valence-electron chi connectivity index (χ3n) is 2.31. The molecular formula is C14H17ClN4O2. The van der Waals surface area contributed by atoms with Gasteiger partial charge in [-0.3, -0.25) is 0 Å². The van der Waals surface area contributed by atoms with Gasteiger partial charge in [-0.15, -0.1) is 4.98 Å². The van der Waals surface area contributed by atoms with Crippen LogP contribution in [0.1, 0.15) is 20.8 Å². The third kappa shape index (κ3) is 4.46. The predicted octanol–water partition coefficient (Wildman–Crippen LogP) is 3.54. The van der Waals surface area contributed by atoms with Crippen LogP contribution in [-0.4, -0.2) is 27.6 Å². The maximum absolute atomic E-state index is 6.06. The second-order valence-corrected chi connectivity index (χ2v) is 4.86. The predicted molar refractivity (Wildman–Crippen MR) is 81.3 cm³/mol. The van der Waals surface area contributed by atoms with Gasteiger partial charge in [0.15, 0.2) is 0 Å². The number of para-hydroxylation sites is 1. The van der Waals surface area contributed by atoms with Gasteiger partial charge in [-0.2, -0.15) is 9.97 Å². The molecule has 0 atom stereocenters. The molecule has 112 valence electrons. The van der Waals surface area contributed by atoms with Gasteiger partial charge in [-0.05, 0) is 32.9 Å². The standard InChI is InChI=1S/C14H17ClN4O2/c1-4-16-12-17-13(20-9(2)3)19-14(18-12)21-11-8-6-5-7-10(11)15/h5-9H,4H2,1-3H3,(H,16,17,18,19). The zero-order valence-electron chi connectivity index (χ0n) is 12.1. The summed E-state index contributed by atoms with van der Waals surface area (Å²) in [6.45, 7) is 6.41. The van der Waals surface area contributed by atoms with Gasteiger partial charge in [0.25, 0.3) is 0 Å². The van der Waals surface area contributed by atoms with Gasteiger partial charge in [-0.25, -0.2) is 0 Å². The Bertz CT molecular complexity index is 607. The number of nitrogens with zero attached hydrogens (tertiary/aromatic N) is 3. The van der Waals surface area contributed by atoms with Crippen LogP contribution in [0.15, 0.2) is 24.3 Å². The Kier molecular flexibility index (Phi) is 5.16. The monoisotopic (exact) mass is 308 g/mol. The lowest BCUT2D eigenvalue weighted by Gasteiger charge is -2.11. The molecule has 0 aliphatic carbocycles. The average molecular weight is 309 g/mol. The second-order valence-electron chi connectivity index (χ2n) is 4.45. The molecule has 1 heterocycles. The molecule has 0 radical (unpaired) electrons. The smallest absolute Gasteiger partial charge is 0.330 e. The molecule has 0 aliphatic rings. The van der Waals surface area contributed by atoms with Gasteiger partial charge < -0.3 is 14.8 Å². The summed E-state index contributed by atoms with van der Waals surface area (Å²) in [6, 6.07) is 7.44. The fourth-order valence-electron chi connectivity index (χ4n) is 1.51. The van der Waals surface area contributed by atoms with Crippen molar-refractivity contribution in [2.24, 2.45) is 0 Å². The lowest BCUT2D eigenvalue weighted by atomic mass is 10.3. The van der Waals surface area contributed by atoms with Crippen LogP contribution < -0.4 is 14.8 Å². The molecule has 1 aromatic carbocycles. The number of nitrogens with one attached hydrogen (secondary N) is 1. The van der Waals surface area contributed by atoms with E-state index in [1.165, 1.54) is 0 Å². The van der Waals surface area contributed by atoms with Gasteiger partial charge >= 0.3 is 12.0 Å². The zero-order chi connectivity index (χ0) is 15.2. The number of halogens is 1. The molecule has 2 rings (SSSR count). The molecule has 6 nitrogen and oxygen atoms in total. The summed E-state index contributed by atoms with van der Waals surface area (Å²) >= 11 is 6.06. The fraction of sp³-hybridized carbons (Fsp3) is 0.357. The molecule has 1 aromatic heterocycles. The summed E-state index contributed by atoms with van der Waals surface area (Å²) in [7, 11) is 0. The van der Waals surface area contributed by atoms with Crippen molar-refractivity contribution in [1.82, 2.24) is 15.0 Å². The Hall–Kier alpha value is -2.08. The van der Waals surface area contributed by atoms with Crippen molar-refractivity contribution >= 4 is 17.5 Å². The van der Waals surface area contributed by atoms with E-state index < -0.39 is 0 Å². The molecule has 0 saturated carbocycles. The molecule has 2 aromatic rings. The van der Waals surface area contributed by atoms with Crippen LogP contribution >= 0.6 is 11.6 Å². The molecule has 0 fully saturated rings. The molecule has 0 saturated heterocycles. The Morgan fingerprint density at radius 2 is 1.86 bits per heavy atom. The van der Waals surface area contributed by atoms with Crippen molar-refractivity contribution in [3.05, 3.63) is 29.3 Å². The van der Waals surface area contributed by atoms with Crippen molar-refractivity contribution in [2.45, 2.75) is 26.9 Å². The molecule has 1 N–H and O–H groups in total. The first kappa shape index (κ1) is 15.3. The van der Waals surface area contributed by atoms with Crippen LogP contribution in [0.25, 0.3) is 0 Å². The number of hydrogen-bond acceptors (Lipinski definition) is 6. The highest BCUT2D eigenvalue weighted by molar-refractivity contribution is 6.32. The lowest BCUT2D eigenvalue weighted by molar-refractivity contribution is 0.218. The van der Waals surface area contributed by atoms with E-state index in [0.29, 0.717) is 23.3 Å². The van der Waals surface area contributed by atoms with E-state index in [9.17, 15) is 0 Å². The van der Waals surface area contributed by atoms with E-state index in [-0.39, 0.29) is 18.1 Å². The number of ether oxygens (including phenoxy) is 2. The summed E-state index contributed by atoms with van der Waals surface area (Å²) in [5.41, 5.74) is 0. The Morgan fingerprint density at radius 3 is 2.52 bits per heavy atom. The molecule has 0 unspecified atom stereocenters. The molecule has 0 amide bonds. The summed E-state index contributed by atoms with van der Waals surface area (Å²) < 4.78 is 11.1. The highest BCUT2D eigenvalue weighted by Crippen LogP contribution is 2.28. The van der Waals surface area contributed by atoms with Crippen molar-refractivity contribution in [1.29, 1.82) is 0 Å². The van der Waals surface area contributed by atoms with Gasteiger partial charge in [0, 0.05) is 6.54 Å². The van der Waals surface area contributed by atoms with Gasteiger partial charge in [0.05, 0.1) is 11.1 Å². The van der Waals surface area contributed by atoms with Crippen LogP contribution in [0, 0.1) is 0 Å². The Labute approximate surface area is 128 Å². The number of rotatable bonds is 6. The summed E-state index contributed by atoms with van der Waals surface area (Å²) in [6.07, 6.45) is -0.0463. The van der Waals surface area contributed by atoms with Crippen LogP contribution in [0.3, 0.4) is 0 Å². The molecule has 21 heavy (non-hydrogen) atoms. The van der Waals surface area contributed by atoms with E-state index in [4.69, 9.17) is 21.1 Å². The number of anilines is 1. The Balaban J connectivity index is 2.29. The van der Waals surface area contributed by atoms with Gasteiger partial charge in [0.2, 0.25) is 5.95 Å². The van der Waals surface area contributed by atoms with Crippen molar-refractivity contribution < 1.29 is 9.47 Å². The van der Waals surface area contributed by atoms with Crippen LogP contribution in [-0.2, 0) is 0 Å². The van der Waals surface area contributed by atoms with E-state index in [0.717, 1.165) is 0 Å². The average Bonchev–Trinajstić information content (AvgIpc) is 2.41. The highest BCUT2D eigenvalue weighted by Gasteiger charge is 2.11. The molecular weight excluding hydrogens is 292 g/mol. The lowest BCUT2D eigenvalue weighted by Crippen LogP contribution is -2.12. The summed E-state index contributed by atoms with van der Waals surface area (Å²) in [4.78, 5) is 12.5. The van der Waals surface area contributed by atoms with Crippen molar-refractivity contribution in [3.8, 4) is 17.8 Å². The first-order valence-electron chi connectivity index (χ1n) is 6.67. The molecule has 0 spiro atoms. The fourth-order valence-corrected chi connectivity index (χ4v) is 1.68. The minimum atomic E-state index is -0.0463. The van der Waals surface area contributed by atoms with Crippen LogP contribution in [0.5, 0.6) is 17.8 Å². The maximum Gasteiger partial charge on any atom is 0.330 e. The largest absolute Gasteiger partial charge is 0.461 e. The quantitative estimate of drug-likeness (QED) is 0.880. The van der Waals surface area contributed by atoms with Crippen LogP contribution in [0.2, 0.25) is 5.02 Å². The zero-order valence-corrected chi connectivity index (χ0v) is 12.9. The normalized spacial score (nSPS) is 10.5. The minimum absolute atomic E-state index is 0.0463. The number of hydrogen-bond donors (Lipinski definition) is 1. The summed E-state index contributed by atoms with van der Waals surface area (Å²) in [5, 5.41) is 3.49. The van der Waals surface area contributed by atoms with Crippen LogP contribution in [0.4, 0.5) is 5.95 Å². The topological polar surface area (TPSA) is 69.2 Å². The Morgan fingerprint density at radius 1 is 1.14 bits per heavy atom. The van der Waals surface area contributed by atoms with E-state index in [1.54, 1.807) is 12.1 Å². The first-order valence-corrected chi connectivity index (χ1v) is 7.05. The summed E-state index contributed by atoms with van der Waals surface area (Å²) in [5.74, 6) is 0.869. The molecule has 0 aliphatic heterocycles. The van der Waals surface area contributed by atoms with Gasteiger partial charge in [0.1, 0.15) is 5.75 Å². The first-order chi connectivity index (χ1) is 10.1. The second kappa shape index (κ2) is 7.08. The SMILES string of the molecule is CCNc1nc(Oc2ccccc2Cl)nc(OC(C)C)n1. The van der Waals surface area contributed by atoms with E-state index >= 15 is 0 Å². The molecule has 0 bridgehead atoms.